The van der Waals surface area contributed by atoms with Crippen LogP contribution in [0.5, 0.6) is 0 Å². The minimum atomic E-state index is -0.508. The third-order valence-corrected chi connectivity index (χ3v) is 5.66. The molecular weight excluding hydrogens is 354 g/mol. The van der Waals surface area contributed by atoms with Crippen molar-refractivity contribution in [1.82, 2.24) is 4.90 Å². The largest absolute Gasteiger partial charge is 0.366 e. The van der Waals surface area contributed by atoms with E-state index in [2.05, 4.69) is 6.07 Å². The van der Waals surface area contributed by atoms with Crippen LogP contribution in [0.3, 0.4) is 0 Å². The van der Waals surface area contributed by atoms with Crippen molar-refractivity contribution in [3.05, 3.63) is 65.2 Å². The van der Waals surface area contributed by atoms with Crippen molar-refractivity contribution in [2.75, 3.05) is 18.0 Å². The lowest BCUT2D eigenvalue weighted by atomic mass is 9.95. The summed E-state index contributed by atoms with van der Waals surface area (Å²) in [4.78, 5) is 40.3. The number of hydrogen-bond donors (Lipinski definition) is 1. The molecule has 2 heterocycles. The first-order valence-corrected chi connectivity index (χ1v) is 9.63. The average Bonchev–Trinajstić information content (AvgIpc) is 2.73. The number of amides is 3. The molecule has 0 aromatic heterocycles. The SMILES string of the molecule is NC(=O)c1ccc(C(=O)N2CCC(N3C(=O)CCc4ccccc43)CC2)cc1. The summed E-state index contributed by atoms with van der Waals surface area (Å²) in [5.74, 6) is -0.392. The second-order valence-corrected chi connectivity index (χ2v) is 7.36. The van der Waals surface area contributed by atoms with E-state index in [1.807, 2.05) is 28.0 Å². The molecular formula is C22H23N3O3. The van der Waals surface area contributed by atoms with Gasteiger partial charge in [0.15, 0.2) is 0 Å². The normalized spacial score (nSPS) is 17.4. The number of nitrogens with two attached hydrogens (primary N) is 1. The van der Waals surface area contributed by atoms with Crippen LogP contribution in [0.4, 0.5) is 5.69 Å². The van der Waals surface area contributed by atoms with Crippen molar-refractivity contribution in [2.45, 2.75) is 31.7 Å². The molecule has 28 heavy (non-hydrogen) atoms. The Morgan fingerprint density at radius 1 is 0.893 bits per heavy atom. The van der Waals surface area contributed by atoms with Crippen LogP contribution in [0.1, 0.15) is 45.5 Å². The molecule has 0 spiro atoms. The van der Waals surface area contributed by atoms with Crippen molar-refractivity contribution < 1.29 is 14.4 Å². The predicted octanol–water partition coefficient (Wildman–Crippen LogP) is 2.37. The van der Waals surface area contributed by atoms with Gasteiger partial charge in [0.05, 0.1) is 0 Å². The van der Waals surface area contributed by atoms with Crippen LogP contribution >= 0.6 is 0 Å². The smallest absolute Gasteiger partial charge is 0.253 e. The van der Waals surface area contributed by atoms with E-state index in [0.29, 0.717) is 30.6 Å². The quantitative estimate of drug-likeness (QED) is 0.891. The number of anilines is 1. The molecule has 2 aliphatic heterocycles. The zero-order valence-corrected chi connectivity index (χ0v) is 15.6. The molecule has 1 saturated heterocycles. The third-order valence-electron chi connectivity index (χ3n) is 5.66. The van der Waals surface area contributed by atoms with Crippen LogP contribution in [0.15, 0.2) is 48.5 Å². The van der Waals surface area contributed by atoms with E-state index in [0.717, 1.165) is 24.9 Å². The van der Waals surface area contributed by atoms with E-state index in [9.17, 15) is 14.4 Å². The fourth-order valence-electron chi connectivity index (χ4n) is 4.14. The van der Waals surface area contributed by atoms with Crippen molar-refractivity contribution in [3.63, 3.8) is 0 Å². The Balaban J connectivity index is 1.44. The van der Waals surface area contributed by atoms with Gasteiger partial charge in [0.2, 0.25) is 11.8 Å². The minimum Gasteiger partial charge on any atom is -0.366 e. The Morgan fingerprint density at radius 2 is 1.54 bits per heavy atom. The zero-order chi connectivity index (χ0) is 19.7. The predicted molar refractivity (Wildman–Crippen MR) is 106 cm³/mol. The Labute approximate surface area is 163 Å². The molecule has 6 heteroatoms. The van der Waals surface area contributed by atoms with E-state index < -0.39 is 5.91 Å². The molecule has 2 aliphatic rings. The second-order valence-electron chi connectivity index (χ2n) is 7.36. The molecule has 0 unspecified atom stereocenters. The van der Waals surface area contributed by atoms with E-state index >= 15 is 0 Å². The fourth-order valence-corrected chi connectivity index (χ4v) is 4.14. The van der Waals surface area contributed by atoms with Gasteiger partial charge in [-0.3, -0.25) is 14.4 Å². The average molecular weight is 377 g/mol. The molecule has 4 rings (SSSR count). The Morgan fingerprint density at radius 3 is 2.21 bits per heavy atom. The first-order chi connectivity index (χ1) is 13.5. The number of primary amides is 1. The fraction of sp³-hybridized carbons (Fsp3) is 0.318. The number of aryl methyl sites for hydroxylation is 1. The Kier molecular flexibility index (Phi) is 4.86. The maximum atomic E-state index is 12.8. The minimum absolute atomic E-state index is 0.0557. The van der Waals surface area contributed by atoms with Gasteiger partial charge >= 0.3 is 0 Å². The molecule has 0 radical (unpaired) electrons. The highest BCUT2D eigenvalue weighted by atomic mass is 16.2. The van der Waals surface area contributed by atoms with Crippen LogP contribution in [0.25, 0.3) is 0 Å². The molecule has 0 aliphatic carbocycles. The highest BCUT2D eigenvalue weighted by Crippen LogP contribution is 2.32. The standard InChI is InChI=1S/C22H23N3O3/c23-21(27)16-5-7-17(8-6-16)22(28)24-13-11-18(12-14-24)25-19-4-2-1-3-15(19)9-10-20(25)26/h1-8,18H,9-14H2,(H2,23,27). The molecule has 0 bridgehead atoms. The van der Waals surface area contributed by atoms with Crippen LogP contribution in [-0.2, 0) is 11.2 Å². The molecule has 0 atom stereocenters. The van der Waals surface area contributed by atoms with Gasteiger partial charge in [-0.2, -0.15) is 0 Å². The Hall–Kier alpha value is -3.15. The lowest BCUT2D eigenvalue weighted by Crippen LogP contribution is -2.50. The maximum Gasteiger partial charge on any atom is 0.253 e. The molecule has 1 fully saturated rings. The van der Waals surface area contributed by atoms with E-state index in [1.165, 1.54) is 5.56 Å². The summed E-state index contributed by atoms with van der Waals surface area (Å²) in [7, 11) is 0. The summed E-state index contributed by atoms with van der Waals surface area (Å²) in [5.41, 5.74) is 8.42. The topological polar surface area (TPSA) is 83.7 Å². The summed E-state index contributed by atoms with van der Waals surface area (Å²) >= 11 is 0. The summed E-state index contributed by atoms with van der Waals surface area (Å²) < 4.78 is 0. The Bertz CT molecular complexity index is 915. The van der Waals surface area contributed by atoms with Crippen molar-refractivity contribution in [2.24, 2.45) is 5.73 Å². The van der Waals surface area contributed by atoms with Gasteiger partial charge in [-0.25, -0.2) is 0 Å². The number of likely N-dealkylation sites (tertiary alicyclic amines) is 1. The number of hydrogen-bond acceptors (Lipinski definition) is 3. The number of piperidine rings is 1. The number of para-hydroxylation sites is 1. The van der Waals surface area contributed by atoms with Gasteiger partial charge in [-0.1, -0.05) is 18.2 Å². The lowest BCUT2D eigenvalue weighted by molar-refractivity contribution is -0.119. The molecule has 0 saturated carbocycles. The first kappa shape index (κ1) is 18.2. The first-order valence-electron chi connectivity index (χ1n) is 9.63. The van der Waals surface area contributed by atoms with Crippen LogP contribution in [0.2, 0.25) is 0 Å². The van der Waals surface area contributed by atoms with Gasteiger partial charge in [0.25, 0.3) is 5.91 Å². The maximum absolute atomic E-state index is 12.8. The van der Waals surface area contributed by atoms with Crippen LogP contribution < -0.4 is 10.6 Å². The van der Waals surface area contributed by atoms with E-state index in [-0.39, 0.29) is 17.9 Å². The second kappa shape index (κ2) is 7.46. The number of fused-ring (bicyclic) bond motifs is 1. The molecule has 2 aromatic carbocycles. The molecule has 3 amide bonds. The van der Waals surface area contributed by atoms with Gasteiger partial charge < -0.3 is 15.5 Å². The monoisotopic (exact) mass is 377 g/mol. The van der Waals surface area contributed by atoms with Gasteiger partial charge in [0.1, 0.15) is 0 Å². The van der Waals surface area contributed by atoms with Gasteiger partial charge in [-0.05, 0) is 55.2 Å². The van der Waals surface area contributed by atoms with Crippen molar-refractivity contribution >= 4 is 23.4 Å². The summed E-state index contributed by atoms with van der Waals surface area (Å²) in [6.07, 6.45) is 2.85. The molecule has 2 aromatic rings. The van der Waals surface area contributed by atoms with E-state index in [4.69, 9.17) is 5.73 Å². The molecule has 6 nitrogen and oxygen atoms in total. The number of nitrogens with zero attached hydrogens (tertiary/aromatic N) is 2. The number of rotatable bonds is 3. The van der Waals surface area contributed by atoms with Crippen molar-refractivity contribution in [3.8, 4) is 0 Å². The van der Waals surface area contributed by atoms with Crippen molar-refractivity contribution in [1.29, 1.82) is 0 Å². The summed E-state index contributed by atoms with van der Waals surface area (Å²) in [6, 6.07) is 14.6. The summed E-state index contributed by atoms with van der Waals surface area (Å²) in [5, 5.41) is 0. The van der Waals surface area contributed by atoms with Gasteiger partial charge in [0, 0.05) is 42.4 Å². The third kappa shape index (κ3) is 3.38. The highest BCUT2D eigenvalue weighted by Gasteiger charge is 2.33. The number of carbonyl (C=O) groups excluding carboxylic acids is 3. The molecule has 144 valence electrons. The number of benzene rings is 2. The number of carbonyl (C=O) groups is 3. The molecule has 2 N–H and O–H groups in total. The van der Waals surface area contributed by atoms with Crippen LogP contribution in [-0.4, -0.2) is 41.8 Å². The van der Waals surface area contributed by atoms with Gasteiger partial charge in [-0.15, -0.1) is 0 Å². The summed E-state index contributed by atoms with van der Waals surface area (Å²) in [6.45, 7) is 1.21. The highest BCUT2D eigenvalue weighted by molar-refractivity contribution is 5.98. The lowest BCUT2D eigenvalue weighted by Gasteiger charge is -2.41. The zero-order valence-electron chi connectivity index (χ0n) is 15.6. The van der Waals surface area contributed by atoms with Crippen LogP contribution in [0, 0.1) is 0 Å². The van der Waals surface area contributed by atoms with E-state index in [1.54, 1.807) is 24.3 Å².